The average Bonchev–Trinajstić information content (AvgIpc) is 3.21. The topological polar surface area (TPSA) is 81.9 Å². The molecular formula is C25H25N5O2. The van der Waals surface area contributed by atoms with E-state index in [0.29, 0.717) is 29.4 Å². The van der Waals surface area contributed by atoms with E-state index in [1.165, 1.54) is 6.20 Å². The van der Waals surface area contributed by atoms with Crippen LogP contribution < -0.4 is 5.32 Å². The standard InChI is InChI=1S/C25H25N5O2/c1-4-32-25(31)22-16-26-30(20-13-9-6-10-14-20)24(22)29-23-21(17(2)27-18(3)28-23)15-19-11-7-5-8-12-19/h5-14,16H,4,15H2,1-3H3,(H,27,28,29). The predicted octanol–water partition coefficient (Wildman–Crippen LogP) is 4.79. The van der Waals surface area contributed by atoms with Gasteiger partial charge in [0.1, 0.15) is 23.0 Å². The zero-order valence-corrected chi connectivity index (χ0v) is 18.4. The summed E-state index contributed by atoms with van der Waals surface area (Å²) in [6.45, 7) is 5.88. The molecule has 0 amide bonds. The van der Waals surface area contributed by atoms with Gasteiger partial charge in [-0.05, 0) is 38.5 Å². The lowest BCUT2D eigenvalue weighted by molar-refractivity contribution is 0.0527. The number of para-hydroxylation sites is 1. The van der Waals surface area contributed by atoms with Crippen LogP contribution in [0, 0.1) is 13.8 Å². The number of hydrogen-bond donors (Lipinski definition) is 1. The molecule has 2 aromatic carbocycles. The van der Waals surface area contributed by atoms with Crippen LogP contribution in [0.3, 0.4) is 0 Å². The molecule has 0 fully saturated rings. The molecule has 162 valence electrons. The number of nitrogens with one attached hydrogen (secondary N) is 1. The van der Waals surface area contributed by atoms with Crippen molar-refractivity contribution in [2.24, 2.45) is 0 Å². The lowest BCUT2D eigenvalue weighted by Gasteiger charge is -2.16. The third-order valence-corrected chi connectivity index (χ3v) is 5.05. The van der Waals surface area contributed by atoms with E-state index in [9.17, 15) is 4.79 Å². The third kappa shape index (κ3) is 4.51. The fourth-order valence-corrected chi connectivity index (χ4v) is 3.55. The number of nitrogens with zero attached hydrogens (tertiary/aromatic N) is 4. The average molecular weight is 428 g/mol. The predicted molar refractivity (Wildman–Crippen MR) is 124 cm³/mol. The van der Waals surface area contributed by atoms with E-state index < -0.39 is 5.97 Å². The summed E-state index contributed by atoms with van der Waals surface area (Å²) in [7, 11) is 0. The van der Waals surface area contributed by atoms with Gasteiger partial charge in [0.25, 0.3) is 0 Å². The number of rotatable bonds is 7. The van der Waals surface area contributed by atoms with Crippen LogP contribution in [0.1, 0.15) is 39.9 Å². The maximum absolute atomic E-state index is 12.7. The molecule has 0 atom stereocenters. The first-order valence-electron chi connectivity index (χ1n) is 10.5. The van der Waals surface area contributed by atoms with Crippen molar-refractivity contribution in [1.29, 1.82) is 0 Å². The lowest BCUT2D eigenvalue weighted by atomic mass is 10.0. The van der Waals surface area contributed by atoms with Crippen LogP contribution in [0.2, 0.25) is 0 Å². The molecule has 32 heavy (non-hydrogen) atoms. The Kier molecular flexibility index (Phi) is 6.26. The lowest BCUT2D eigenvalue weighted by Crippen LogP contribution is -2.12. The molecule has 2 aromatic heterocycles. The largest absolute Gasteiger partial charge is 0.462 e. The van der Waals surface area contributed by atoms with E-state index in [2.05, 4.69) is 32.5 Å². The zero-order valence-electron chi connectivity index (χ0n) is 18.4. The second-order valence-corrected chi connectivity index (χ2v) is 7.35. The molecule has 0 aliphatic rings. The first kappa shape index (κ1) is 21.2. The minimum Gasteiger partial charge on any atom is -0.462 e. The maximum atomic E-state index is 12.7. The van der Waals surface area contributed by atoms with E-state index in [4.69, 9.17) is 4.74 Å². The van der Waals surface area contributed by atoms with E-state index >= 15 is 0 Å². The van der Waals surface area contributed by atoms with Gasteiger partial charge >= 0.3 is 5.97 Å². The van der Waals surface area contributed by atoms with E-state index in [1.54, 1.807) is 11.6 Å². The quantitative estimate of drug-likeness (QED) is 0.427. The Morgan fingerprint density at radius 1 is 1.00 bits per heavy atom. The molecule has 0 radical (unpaired) electrons. The smallest absolute Gasteiger partial charge is 0.343 e. The minimum absolute atomic E-state index is 0.278. The molecular weight excluding hydrogens is 402 g/mol. The van der Waals surface area contributed by atoms with Crippen molar-refractivity contribution in [3.63, 3.8) is 0 Å². The summed E-state index contributed by atoms with van der Waals surface area (Å²) in [5, 5.41) is 7.83. The molecule has 1 N–H and O–H groups in total. The molecule has 0 unspecified atom stereocenters. The van der Waals surface area contributed by atoms with E-state index in [1.807, 2.05) is 62.4 Å². The van der Waals surface area contributed by atoms with E-state index in [-0.39, 0.29) is 6.61 Å². The molecule has 0 aliphatic carbocycles. The second kappa shape index (κ2) is 9.43. The number of aromatic nitrogens is 4. The van der Waals surface area contributed by atoms with Crippen LogP contribution in [0.4, 0.5) is 11.6 Å². The number of benzene rings is 2. The first-order chi connectivity index (χ1) is 15.6. The molecule has 0 saturated carbocycles. The van der Waals surface area contributed by atoms with Gasteiger partial charge in [-0.1, -0.05) is 48.5 Å². The van der Waals surface area contributed by atoms with Gasteiger partial charge in [-0.15, -0.1) is 0 Å². The Bertz CT molecular complexity index is 1220. The Hall–Kier alpha value is -4.00. The summed E-state index contributed by atoms with van der Waals surface area (Å²) in [6.07, 6.45) is 2.18. The third-order valence-electron chi connectivity index (χ3n) is 5.05. The molecule has 0 saturated heterocycles. The molecule has 0 spiro atoms. The highest BCUT2D eigenvalue weighted by atomic mass is 16.5. The van der Waals surface area contributed by atoms with Gasteiger partial charge < -0.3 is 10.1 Å². The number of anilines is 2. The van der Waals surface area contributed by atoms with Crippen LogP contribution in [-0.2, 0) is 11.2 Å². The number of ether oxygens (including phenoxy) is 1. The Morgan fingerprint density at radius 3 is 2.38 bits per heavy atom. The van der Waals surface area contributed by atoms with Crippen molar-refractivity contribution in [2.45, 2.75) is 27.2 Å². The molecule has 2 heterocycles. The number of hydrogen-bond acceptors (Lipinski definition) is 6. The molecule has 0 bridgehead atoms. The second-order valence-electron chi connectivity index (χ2n) is 7.35. The Balaban J connectivity index is 1.81. The van der Waals surface area contributed by atoms with Gasteiger partial charge in [-0.25, -0.2) is 19.4 Å². The first-order valence-corrected chi connectivity index (χ1v) is 10.5. The summed E-state index contributed by atoms with van der Waals surface area (Å²) in [6, 6.07) is 19.8. The van der Waals surface area contributed by atoms with Gasteiger partial charge in [0.05, 0.1) is 18.5 Å². The van der Waals surface area contributed by atoms with Gasteiger partial charge in [0.15, 0.2) is 0 Å². The van der Waals surface area contributed by atoms with Crippen LogP contribution >= 0.6 is 0 Å². The fourth-order valence-electron chi connectivity index (χ4n) is 3.55. The monoisotopic (exact) mass is 427 g/mol. The van der Waals surface area contributed by atoms with Crippen molar-refractivity contribution >= 4 is 17.6 Å². The Labute approximate surface area is 187 Å². The van der Waals surface area contributed by atoms with Gasteiger partial charge in [-0.3, -0.25) is 0 Å². The van der Waals surface area contributed by atoms with Crippen molar-refractivity contribution < 1.29 is 9.53 Å². The maximum Gasteiger partial charge on any atom is 0.343 e. The summed E-state index contributed by atoms with van der Waals surface area (Å²) in [5.74, 6) is 1.35. The van der Waals surface area contributed by atoms with Crippen molar-refractivity contribution in [2.75, 3.05) is 11.9 Å². The van der Waals surface area contributed by atoms with Crippen molar-refractivity contribution in [1.82, 2.24) is 19.7 Å². The van der Waals surface area contributed by atoms with Crippen LogP contribution in [0.25, 0.3) is 5.69 Å². The van der Waals surface area contributed by atoms with E-state index in [0.717, 1.165) is 22.5 Å². The SMILES string of the molecule is CCOC(=O)c1cnn(-c2ccccc2)c1Nc1nc(C)nc(C)c1Cc1ccccc1. The summed E-state index contributed by atoms with van der Waals surface area (Å²) in [5.41, 5.74) is 4.14. The normalized spacial score (nSPS) is 10.7. The fraction of sp³-hybridized carbons (Fsp3) is 0.200. The van der Waals surface area contributed by atoms with Crippen molar-refractivity contribution in [3.05, 3.63) is 95.1 Å². The highest BCUT2D eigenvalue weighted by Crippen LogP contribution is 2.28. The summed E-state index contributed by atoms with van der Waals surface area (Å²) < 4.78 is 6.95. The number of carbonyl (C=O) groups is 1. The van der Waals surface area contributed by atoms with Crippen molar-refractivity contribution in [3.8, 4) is 5.69 Å². The van der Waals surface area contributed by atoms with Crippen LogP contribution in [0.15, 0.2) is 66.9 Å². The molecule has 4 aromatic rings. The number of aryl methyl sites for hydroxylation is 2. The summed E-state index contributed by atoms with van der Waals surface area (Å²) in [4.78, 5) is 21.9. The number of carbonyl (C=O) groups excluding carboxylic acids is 1. The van der Waals surface area contributed by atoms with Crippen LogP contribution in [0.5, 0.6) is 0 Å². The molecule has 0 aliphatic heterocycles. The van der Waals surface area contributed by atoms with Gasteiger partial charge in [0, 0.05) is 17.7 Å². The van der Waals surface area contributed by atoms with Crippen LogP contribution in [-0.4, -0.2) is 32.3 Å². The zero-order chi connectivity index (χ0) is 22.5. The van der Waals surface area contributed by atoms with Gasteiger partial charge in [-0.2, -0.15) is 5.10 Å². The minimum atomic E-state index is -0.440. The molecule has 7 nitrogen and oxygen atoms in total. The highest BCUT2D eigenvalue weighted by molar-refractivity contribution is 5.95. The van der Waals surface area contributed by atoms with Gasteiger partial charge in [0.2, 0.25) is 0 Å². The number of esters is 1. The molecule has 7 heteroatoms. The highest BCUT2D eigenvalue weighted by Gasteiger charge is 2.22. The Morgan fingerprint density at radius 2 is 1.69 bits per heavy atom. The molecule has 4 rings (SSSR count). The summed E-state index contributed by atoms with van der Waals surface area (Å²) >= 11 is 0.